The fourth-order valence-corrected chi connectivity index (χ4v) is 7.23. The lowest BCUT2D eigenvalue weighted by molar-refractivity contribution is -0.145. The van der Waals surface area contributed by atoms with Crippen molar-refractivity contribution in [3.8, 4) is 0 Å². The van der Waals surface area contributed by atoms with E-state index in [4.69, 9.17) is 0 Å². The van der Waals surface area contributed by atoms with Crippen molar-refractivity contribution >= 4 is 26.6 Å². The second kappa shape index (κ2) is 6.29. The molecule has 7 nitrogen and oxygen atoms in total. The Balaban J connectivity index is 1.34. The molecule has 3 aliphatic heterocycles. The number of hydrogen-bond donors (Lipinski definition) is 1. The number of carbonyl (C=O) groups excluding carboxylic acids is 1. The zero-order valence-corrected chi connectivity index (χ0v) is 16.5. The Bertz CT molecular complexity index is 1020. The second-order valence-electron chi connectivity index (χ2n) is 8.74. The van der Waals surface area contributed by atoms with Crippen molar-refractivity contribution in [3.05, 3.63) is 30.7 Å². The van der Waals surface area contributed by atoms with E-state index >= 15 is 0 Å². The molecule has 0 spiro atoms. The average molecular weight is 404 g/mol. The maximum Gasteiger partial charge on any atom is 0.227 e. The summed E-state index contributed by atoms with van der Waals surface area (Å²) in [5, 5.41) is 12.5. The summed E-state index contributed by atoms with van der Waals surface area (Å²) in [5.41, 5.74) is 0.129. The minimum absolute atomic E-state index is 0.000458. The molecular weight excluding hydrogens is 378 g/mol. The molecule has 3 aliphatic rings. The number of nitrogens with zero attached hydrogens (tertiary/aromatic N) is 3. The number of carbonyl (C=O) groups is 1. The Morgan fingerprint density at radius 3 is 2.64 bits per heavy atom. The molecule has 0 aliphatic carbocycles. The first-order valence-corrected chi connectivity index (χ1v) is 11.8. The summed E-state index contributed by atoms with van der Waals surface area (Å²) in [4.78, 5) is 19.1. The Labute approximate surface area is 164 Å². The quantitative estimate of drug-likeness (QED) is 0.835. The molecule has 0 unspecified atom stereocenters. The summed E-state index contributed by atoms with van der Waals surface area (Å²) in [6.45, 7) is 0.481. The van der Waals surface area contributed by atoms with Crippen molar-refractivity contribution in [1.29, 1.82) is 0 Å². The highest BCUT2D eigenvalue weighted by atomic mass is 32.2. The van der Waals surface area contributed by atoms with Crippen molar-refractivity contribution in [1.82, 2.24) is 14.5 Å². The van der Waals surface area contributed by atoms with E-state index in [0.717, 1.165) is 23.7 Å². The summed E-state index contributed by atoms with van der Waals surface area (Å²) < 4.78 is 25.6. The largest absolute Gasteiger partial charge is 0.388 e. The Morgan fingerprint density at radius 2 is 1.96 bits per heavy atom. The summed E-state index contributed by atoms with van der Waals surface area (Å²) in [7, 11) is -3.08. The fraction of sp³-hybridized carbons (Fsp3) is 0.600. The number of sulfone groups is 1. The van der Waals surface area contributed by atoms with Gasteiger partial charge in [-0.3, -0.25) is 9.78 Å². The summed E-state index contributed by atoms with van der Waals surface area (Å²) in [6, 6.07) is 3.98. The molecule has 3 fully saturated rings. The number of piperidine rings is 1. The zero-order valence-electron chi connectivity index (χ0n) is 15.7. The van der Waals surface area contributed by atoms with Gasteiger partial charge in [-0.05, 0) is 44.2 Å². The van der Waals surface area contributed by atoms with Gasteiger partial charge in [-0.15, -0.1) is 0 Å². The van der Waals surface area contributed by atoms with E-state index in [-0.39, 0.29) is 29.5 Å². The third kappa shape index (κ3) is 3.03. The first-order chi connectivity index (χ1) is 13.3. The Kier molecular flexibility index (Phi) is 4.07. The summed E-state index contributed by atoms with van der Waals surface area (Å²) >= 11 is 0. The maximum atomic E-state index is 13.0. The van der Waals surface area contributed by atoms with Crippen LogP contribution in [0.25, 0.3) is 10.9 Å². The normalized spacial score (nSPS) is 34.2. The third-order valence-corrected chi connectivity index (χ3v) is 8.50. The highest BCUT2D eigenvalue weighted by Gasteiger charge is 2.51. The molecular formula is C20H25N3O4S. The van der Waals surface area contributed by atoms with Gasteiger partial charge in [0.05, 0.1) is 41.3 Å². The van der Waals surface area contributed by atoms with Crippen LogP contribution in [0.3, 0.4) is 0 Å². The van der Waals surface area contributed by atoms with Crippen molar-refractivity contribution in [3.63, 3.8) is 0 Å². The van der Waals surface area contributed by atoms with E-state index in [1.807, 2.05) is 34.0 Å². The van der Waals surface area contributed by atoms with Crippen LogP contribution in [-0.4, -0.2) is 63.1 Å². The molecule has 2 aromatic heterocycles. The molecule has 3 atom stereocenters. The number of aliphatic hydroxyl groups is 1. The number of rotatable bonds is 3. The van der Waals surface area contributed by atoms with Crippen LogP contribution < -0.4 is 0 Å². The minimum Gasteiger partial charge on any atom is -0.388 e. The van der Waals surface area contributed by atoms with Crippen LogP contribution in [0.5, 0.6) is 0 Å². The molecule has 1 N–H and O–H groups in total. The van der Waals surface area contributed by atoms with Gasteiger partial charge in [0.2, 0.25) is 5.91 Å². The van der Waals surface area contributed by atoms with Gasteiger partial charge in [-0.25, -0.2) is 8.42 Å². The van der Waals surface area contributed by atoms with E-state index < -0.39 is 21.4 Å². The highest BCUT2D eigenvalue weighted by Crippen LogP contribution is 2.43. The van der Waals surface area contributed by atoms with Gasteiger partial charge >= 0.3 is 0 Å². The lowest BCUT2D eigenvalue weighted by Crippen LogP contribution is -2.56. The van der Waals surface area contributed by atoms with Crippen molar-refractivity contribution < 1.29 is 18.3 Å². The van der Waals surface area contributed by atoms with Crippen LogP contribution in [0.1, 0.15) is 32.1 Å². The Hall–Kier alpha value is -1.93. The van der Waals surface area contributed by atoms with Crippen LogP contribution in [0.15, 0.2) is 30.7 Å². The number of amides is 1. The maximum absolute atomic E-state index is 13.0. The third-order valence-electron chi connectivity index (χ3n) is 6.73. The van der Waals surface area contributed by atoms with E-state index in [2.05, 4.69) is 4.98 Å². The molecule has 5 heterocycles. The van der Waals surface area contributed by atoms with Crippen molar-refractivity contribution in [2.75, 3.05) is 11.5 Å². The number of pyridine rings is 1. The van der Waals surface area contributed by atoms with Crippen molar-refractivity contribution in [2.45, 2.75) is 56.3 Å². The van der Waals surface area contributed by atoms with Crippen LogP contribution in [0, 0.1) is 5.92 Å². The van der Waals surface area contributed by atoms with E-state index in [0.29, 0.717) is 25.8 Å². The highest BCUT2D eigenvalue weighted by molar-refractivity contribution is 7.91. The molecule has 8 heteroatoms. The predicted molar refractivity (Wildman–Crippen MR) is 104 cm³/mol. The SMILES string of the molecule is O=C([C@H]1CCS(=O)(=O)C1)N1[C@H]2CC[C@H]1CC(O)(Cn1ccc3ccncc31)C2. The first-order valence-electron chi connectivity index (χ1n) is 9.97. The van der Waals surface area contributed by atoms with E-state index in [1.54, 1.807) is 6.20 Å². The van der Waals surface area contributed by atoms with Gasteiger partial charge in [-0.2, -0.15) is 0 Å². The first kappa shape index (κ1) is 18.1. The summed E-state index contributed by atoms with van der Waals surface area (Å²) in [6.07, 6.45) is 8.82. The molecule has 0 saturated carbocycles. The fourth-order valence-electron chi connectivity index (χ4n) is 5.50. The van der Waals surface area contributed by atoms with Crippen LogP contribution in [0.2, 0.25) is 0 Å². The lowest BCUT2D eigenvalue weighted by Gasteiger charge is -2.44. The van der Waals surface area contributed by atoms with Gasteiger partial charge in [0.1, 0.15) is 0 Å². The number of aromatic nitrogens is 2. The van der Waals surface area contributed by atoms with Crippen LogP contribution in [-0.2, 0) is 21.2 Å². The Morgan fingerprint density at radius 1 is 1.21 bits per heavy atom. The molecule has 2 aromatic rings. The van der Waals surface area contributed by atoms with Gasteiger partial charge in [0.15, 0.2) is 9.84 Å². The predicted octanol–water partition coefficient (Wildman–Crippen LogP) is 1.36. The number of hydrogen-bond acceptors (Lipinski definition) is 5. The van der Waals surface area contributed by atoms with Crippen LogP contribution >= 0.6 is 0 Å². The molecule has 2 bridgehead atoms. The molecule has 0 radical (unpaired) electrons. The smallest absolute Gasteiger partial charge is 0.227 e. The van der Waals surface area contributed by atoms with Gasteiger partial charge in [0, 0.05) is 29.9 Å². The average Bonchev–Trinajstić information content (AvgIpc) is 3.30. The number of fused-ring (bicyclic) bond motifs is 3. The van der Waals surface area contributed by atoms with Crippen LogP contribution in [0.4, 0.5) is 0 Å². The molecule has 0 aromatic carbocycles. The van der Waals surface area contributed by atoms with Gasteiger partial charge in [0.25, 0.3) is 0 Å². The standard InChI is InChI=1S/C20H25N3O4S/c24-19(15-5-8-28(26,27)12-15)23-16-1-2-17(23)10-20(25,9-16)13-22-7-4-14-3-6-21-11-18(14)22/h3-4,6-7,11,15-17,25H,1-2,5,8-10,12-13H2/t15-,16-,17-/m0/s1. The zero-order chi connectivity index (χ0) is 19.5. The molecule has 1 amide bonds. The van der Waals surface area contributed by atoms with Gasteiger partial charge in [-0.1, -0.05) is 0 Å². The molecule has 150 valence electrons. The monoisotopic (exact) mass is 403 g/mol. The topological polar surface area (TPSA) is 92.5 Å². The molecule has 28 heavy (non-hydrogen) atoms. The van der Waals surface area contributed by atoms with E-state index in [9.17, 15) is 18.3 Å². The molecule has 5 rings (SSSR count). The molecule has 3 saturated heterocycles. The lowest BCUT2D eigenvalue weighted by atomic mass is 9.85. The van der Waals surface area contributed by atoms with Crippen molar-refractivity contribution in [2.24, 2.45) is 5.92 Å². The van der Waals surface area contributed by atoms with E-state index in [1.165, 1.54) is 0 Å². The summed E-state index contributed by atoms with van der Waals surface area (Å²) in [5.74, 6) is -0.329. The second-order valence-corrected chi connectivity index (χ2v) is 11.0. The van der Waals surface area contributed by atoms with Gasteiger partial charge < -0.3 is 14.6 Å². The minimum atomic E-state index is -3.08.